The number of aliphatic hydroxyl groups is 1. The molecule has 3 saturated heterocycles. The number of nitrogens with one attached hydrogen (secondary N) is 4. The molecule has 0 saturated carbocycles. The number of ether oxygens (including phenoxy) is 7. The first kappa shape index (κ1) is 104. The molecule has 0 spiro atoms. The normalized spacial score (nSPS) is 15.0. The molecule has 37 heteroatoms. The summed E-state index contributed by atoms with van der Waals surface area (Å²) in [5.41, 5.74) is 0.156. The van der Waals surface area contributed by atoms with Gasteiger partial charge in [0, 0.05) is 62.5 Å². The van der Waals surface area contributed by atoms with Crippen LogP contribution in [0.25, 0.3) is 0 Å². The number of esters is 4. The first-order valence-electron chi connectivity index (χ1n) is 30.4. The Balaban J connectivity index is -0.000000281. The van der Waals surface area contributed by atoms with Gasteiger partial charge in [-0.3, -0.25) is 28.5 Å². The molecule has 6 rings (SSSR count). The summed E-state index contributed by atoms with van der Waals surface area (Å²) in [6.45, 7) is 21.5. The van der Waals surface area contributed by atoms with Crippen molar-refractivity contribution < 1.29 is 147 Å². The van der Waals surface area contributed by atoms with Crippen LogP contribution in [0.2, 0.25) is 0 Å². The lowest BCUT2D eigenvalue weighted by atomic mass is 10.1. The second-order valence-electron chi connectivity index (χ2n) is 24.9. The number of benzene rings is 3. The Kier molecular flexibility index (Phi) is 58.2. The van der Waals surface area contributed by atoms with E-state index in [1.54, 1.807) is 62.3 Å². The highest BCUT2D eigenvalue weighted by Crippen LogP contribution is 2.24. The maximum atomic E-state index is 12.2. The van der Waals surface area contributed by atoms with Crippen LogP contribution in [0.1, 0.15) is 164 Å². The molecule has 0 radical (unpaired) electrons. The molecule has 102 heavy (non-hydrogen) atoms. The summed E-state index contributed by atoms with van der Waals surface area (Å²) in [6.07, 6.45) is 2.01. The van der Waals surface area contributed by atoms with Crippen LogP contribution in [0.5, 0.6) is 0 Å². The maximum Gasteiger partial charge on any atom is 0.417 e. The molecule has 3 aromatic rings. The van der Waals surface area contributed by atoms with Crippen LogP contribution >= 0.6 is 22.6 Å². The van der Waals surface area contributed by atoms with Gasteiger partial charge in [0.25, 0.3) is 0 Å². The molecule has 0 aromatic heterocycles. The van der Waals surface area contributed by atoms with Gasteiger partial charge in [-0.25, -0.2) is 43.3 Å². The van der Waals surface area contributed by atoms with Gasteiger partial charge in [-0.2, -0.15) is 0 Å². The van der Waals surface area contributed by atoms with Crippen molar-refractivity contribution in [3.8, 4) is 0 Å². The Morgan fingerprint density at radius 3 is 1.14 bits per heavy atom. The van der Waals surface area contributed by atoms with E-state index in [1.807, 2.05) is 112 Å². The summed E-state index contributed by atoms with van der Waals surface area (Å²) in [6, 6.07) is 24.2. The Hall–Kier alpha value is -8.65. The fourth-order valence-corrected chi connectivity index (χ4v) is 8.33. The van der Waals surface area contributed by atoms with Crippen molar-refractivity contribution in [3.05, 3.63) is 108 Å². The van der Waals surface area contributed by atoms with Crippen LogP contribution in [0.4, 0.5) is 65.1 Å². The number of carboxylic acid groups (broad SMARTS) is 1. The third kappa shape index (κ3) is 50.6. The zero-order valence-electron chi connectivity index (χ0n) is 58.5. The van der Waals surface area contributed by atoms with E-state index in [2.05, 4.69) is 43.9 Å². The van der Waals surface area contributed by atoms with Gasteiger partial charge in [0.1, 0.15) is 72.4 Å². The topological polar surface area (TPSA) is 344 Å². The quantitative estimate of drug-likeness (QED) is 0.0213. The van der Waals surface area contributed by atoms with E-state index in [-0.39, 0.29) is 77.6 Å². The maximum absolute atomic E-state index is 12.2. The zero-order chi connectivity index (χ0) is 76.5. The van der Waals surface area contributed by atoms with Gasteiger partial charge in [-0.15, -0.1) is 0 Å². The van der Waals surface area contributed by atoms with Crippen LogP contribution in [0.3, 0.4) is 0 Å². The molecule has 25 nitrogen and oxygen atoms in total. The molecule has 5 atom stereocenters. The van der Waals surface area contributed by atoms with E-state index in [0.717, 1.165) is 32.4 Å². The molecule has 3 aliphatic heterocycles. The van der Waals surface area contributed by atoms with Crippen molar-refractivity contribution in [1.29, 1.82) is 0 Å². The molecule has 3 fully saturated rings. The van der Waals surface area contributed by atoms with E-state index < -0.39 is 101 Å². The van der Waals surface area contributed by atoms with Gasteiger partial charge in [0.05, 0.1) is 0 Å². The number of hydrogen-bond donors (Lipinski definition) is 6. The lowest BCUT2D eigenvalue weighted by molar-refractivity contribution is -0.161. The number of alkyl carbamates (subject to hydrolysis) is 2. The SMILES string of the molecule is CC(C)(C)OC(=O)C(CCCI)NC(=O)OCc1ccccc1.CC(C)(C)OC(=O)C(CCCO)NC(=O)OCc1ccccc1.CC(C)(C)OC(=O)[C@@H]1CCC(=O)N1.CC(C)(C)OC(=O)[C@@H]1CCC(=O)N1C(=O)OCc1ccccc1.F.F.F.FF.FF.FF.FF.O=C1CC[C@@H](C(=O)O)N1. The van der Waals surface area contributed by atoms with Crippen molar-refractivity contribution in [3.63, 3.8) is 0 Å². The molecular weight excluding hydrogens is 1510 g/mol. The molecule has 3 heterocycles. The van der Waals surface area contributed by atoms with Gasteiger partial charge in [-0.1, -0.05) is 114 Å². The number of alkyl halides is 1. The van der Waals surface area contributed by atoms with Crippen LogP contribution < -0.4 is 21.3 Å². The zero-order valence-corrected chi connectivity index (χ0v) is 60.6. The number of hydrogen-bond acceptors (Lipinski definition) is 19. The molecule has 6 amide bonds. The fourth-order valence-electron chi connectivity index (χ4n) is 7.89. The van der Waals surface area contributed by atoms with Crippen molar-refractivity contribution in [2.24, 2.45) is 0 Å². The number of imide groups is 1. The summed E-state index contributed by atoms with van der Waals surface area (Å²) >= 11 is 2.23. The molecule has 2 unspecified atom stereocenters. The van der Waals surface area contributed by atoms with Crippen LogP contribution in [0, 0.1) is 0 Å². The van der Waals surface area contributed by atoms with Gasteiger partial charge >= 0.3 is 48.1 Å². The Morgan fingerprint density at radius 1 is 0.500 bits per heavy atom. The number of likely N-dealkylation sites (tertiary alicyclic amines) is 1. The van der Waals surface area contributed by atoms with E-state index in [1.165, 1.54) is 0 Å². The third-order valence-electron chi connectivity index (χ3n) is 11.9. The van der Waals surface area contributed by atoms with Crippen molar-refractivity contribution in [2.75, 3.05) is 11.0 Å². The van der Waals surface area contributed by atoms with Crippen molar-refractivity contribution in [1.82, 2.24) is 26.2 Å². The minimum Gasteiger partial charge on any atom is -0.480 e. The highest BCUT2D eigenvalue weighted by molar-refractivity contribution is 14.1. The predicted molar refractivity (Wildman–Crippen MR) is 358 cm³/mol. The molecule has 6 N–H and O–H groups in total. The smallest absolute Gasteiger partial charge is 0.417 e. The largest absolute Gasteiger partial charge is 0.480 e. The Bertz CT molecular complexity index is 2770. The van der Waals surface area contributed by atoms with Gasteiger partial charge in [0.2, 0.25) is 17.7 Å². The van der Waals surface area contributed by atoms with Crippen LogP contribution in [0.15, 0.2) is 91.0 Å². The second-order valence-corrected chi connectivity index (χ2v) is 25.9. The predicted octanol–water partition coefficient (Wildman–Crippen LogP) is 12.7. The van der Waals surface area contributed by atoms with Crippen LogP contribution in [-0.4, -0.2) is 145 Å². The van der Waals surface area contributed by atoms with E-state index in [0.29, 0.717) is 38.5 Å². The van der Waals surface area contributed by atoms with Gasteiger partial charge in [0.15, 0.2) is 0 Å². The first-order chi connectivity index (χ1) is 46.5. The number of halogens is 12. The number of carbonyl (C=O) groups is 11. The first-order valence-corrected chi connectivity index (χ1v) is 32.0. The third-order valence-corrected chi connectivity index (χ3v) is 12.7. The molecular formula is C65H95F11IN5O20. The summed E-state index contributed by atoms with van der Waals surface area (Å²) in [7, 11) is 0. The fraction of sp³-hybridized carbons (Fsp3) is 0.554. The molecule has 3 aliphatic rings. The monoisotopic (exact) mass is 1600 g/mol. The molecule has 0 bridgehead atoms. The summed E-state index contributed by atoms with van der Waals surface area (Å²) < 4.78 is 101. The Morgan fingerprint density at radius 2 is 0.833 bits per heavy atom. The standard InChI is InChI=1S/C17H24INO4.C17H21NO5.C17H25NO5.C9H15NO3.C5H7NO3.4F2.3FH/c1-17(2,3)23-15(20)14(10-7-11-18)19-16(21)22-12-13-8-5-4-6-9-13;1-17(2,3)23-15(20)13-9-10-14(19)18(13)16(21)22-11-12-7-5-4-6-8-12;1-17(2,3)23-15(20)14(10-7-11-19)18-16(21)22-12-13-8-5-4-6-9-13;1-9(2,3)13-8(12)6-4-5-7(11)10-6;7-4-2-1-3(6-4)5(8)9;4*1-2;;;/h4-6,8-9,14H,7,10-12H2,1-3H3,(H,19,21);4-8,13H,9-11H2,1-3H3;4-6,8-9,14,19H,7,10-12H2,1-3H3,(H,18,21);6H,4-5H2,1-3H3,(H,10,11);3H,1-2H2,(H,6,7)(H,8,9);;;;;3*1H/t;13-;;6-;3-;;;;;;;/m.0.00......./s1. The number of carbonyl (C=O) groups excluding carboxylic acids is 10. The lowest BCUT2D eigenvalue weighted by Gasteiger charge is -2.25. The molecule has 3 aromatic carbocycles. The minimum absolute atomic E-state index is 0. The highest BCUT2D eigenvalue weighted by atomic mass is 127. The van der Waals surface area contributed by atoms with Crippen molar-refractivity contribution in [2.45, 2.75) is 220 Å². The summed E-state index contributed by atoms with van der Waals surface area (Å²) in [5, 5.41) is 27.2. The van der Waals surface area contributed by atoms with E-state index in [4.69, 9.17) is 80.0 Å². The second kappa shape index (κ2) is 56.9. The van der Waals surface area contributed by atoms with E-state index >= 15 is 0 Å². The van der Waals surface area contributed by atoms with Gasteiger partial charge < -0.3 is 64.6 Å². The van der Waals surface area contributed by atoms with Crippen molar-refractivity contribution >= 4 is 88.4 Å². The number of carboxylic acids is 1. The number of aliphatic carboxylic acids is 1. The minimum atomic E-state index is -0.944. The molecule has 0 aliphatic carbocycles. The van der Waals surface area contributed by atoms with Crippen LogP contribution in [-0.2, 0) is 91.3 Å². The van der Waals surface area contributed by atoms with Gasteiger partial charge in [-0.05, 0) is 149 Å². The summed E-state index contributed by atoms with van der Waals surface area (Å²) in [5.74, 6) is -3.49. The number of aliphatic hydroxyl groups excluding tert-OH is 1. The average molecular weight is 1600 g/mol. The average Bonchev–Trinajstić information content (AvgIpc) is 1.67. The van der Waals surface area contributed by atoms with E-state index in [9.17, 15) is 52.7 Å². The lowest BCUT2D eigenvalue weighted by Crippen LogP contribution is -2.45. The molecule has 584 valence electrons. The number of rotatable bonds is 19. The summed E-state index contributed by atoms with van der Waals surface area (Å²) in [4.78, 5) is 128. The number of nitrogens with zero attached hydrogens (tertiary/aromatic N) is 1. The highest BCUT2D eigenvalue weighted by Gasteiger charge is 2.43. The number of amides is 6. The Labute approximate surface area is 597 Å².